The third-order valence-electron chi connectivity index (χ3n) is 5.02. The topological polar surface area (TPSA) is 58.1 Å². The van der Waals surface area contributed by atoms with E-state index in [-0.39, 0.29) is 0 Å². The molecule has 3 unspecified atom stereocenters. The SMILES string of the molecule is CN=C(NCCCOCC1CCOC1)NCCN1CC(C)CC(C)C1. The maximum Gasteiger partial charge on any atom is 0.191 e. The van der Waals surface area contributed by atoms with Gasteiger partial charge < -0.3 is 25.0 Å². The Morgan fingerprint density at radius 1 is 1.20 bits per heavy atom. The first-order valence-electron chi connectivity index (χ1n) is 9.99. The van der Waals surface area contributed by atoms with Crippen LogP contribution in [0.5, 0.6) is 0 Å². The predicted molar refractivity (Wildman–Crippen MR) is 103 cm³/mol. The fourth-order valence-electron chi connectivity index (χ4n) is 3.87. The lowest BCUT2D eigenvalue weighted by atomic mass is 9.92. The second kappa shape index (κ2) is 11.7. The Kier molecular flexibility index (Phi) is 9.58. The van der Waals surface area contributed by atoms with E-state index in [1.54, 1.807) is 0 Å². The van der Waals surface area contributed by atoms with Gasteiger partial charge in [-0.3, -0.25) is 4.99 Å². The maximum absolute atomic E-state index is 5.73. The van der Waals surface area contributed by atoms with Crippen molar-refractivity contribution in [2.45, 2.75) is 33.1 Å². The van der Waals surface area contributed by atoms with E-state index >= 15 is 0 Å². The van der Waals surface area contributed by atoms with Gasteiger partial charge in [0.15, 0.2) is 5.96 Å². The van der Waals surface area contributed by atoms with Crippen LogP contribution in [0.15, 0.2) is 4.99 Å². The highest BCUT2D eigenvalue weighted by Gasteiger charge is 2.21. The van der Waals surface area contributed by atoms with Gasteiger partial charge in [-0.05, 0) is 31.1 Å². The summed E-state index contributed by atoms with van der Waals surface area (Å²) in [5.74, 6) is 3.12. The van der Waals surface area contributed by atoms with Gasteiger partial charge in [0.2, 0.25) is 0 Å². The predicted octanol–water partition coefficient (Wildman–Crippen LogP) is 1.57. The molecule has 2 N–H and O–H groups in total. The first-order chi connectivity index (χ1) is 12.2. The summed E-state index contributed by atoms with van der Waals surface area (Å²) in [4.78, 5) is 6.87. The zero-order chi connectivity index (χ0) is 17.9. The highest BCUT2D eigenvalue weighted by molar-refractivity contribution is 5.79. The van der Waals surface area contributed by atoms with E-state index in [4.69, 9.17) is 9.47 Å². The van der Waals surface area contributed by atoms with Gasteiger partial charge in [-0.1, -0.05) is 13.8 Å². The molecule has 2 saturated heterocycles. The Labute approximate surface area is 153 Å². The Morgan fingerprint density at radius 3 is 2.64 bits per heavy atom. The third-order valence-corrected chi connectivity index (χ3v) is 5.02. The van der Waals surface area contributed by atoms with Gasteiger partial charge in [0.1, 0.15) is 0 Å². The second-order valence-corrected chi connectivity index (χ2v) is 7.79. The van der Waals surface area contributed by atoms with E-state index in [1.807, 2.05) is 7.05 Å². The van der Waals surface area contributed by atoms with Crippen LogP contribution < -0.4 is 10.6 Å². The Bertz CT molecular complexity index is 376. The van der Waals surface area contributed by atoms with Gasteiger partial charge >= 0.3 is 0 Å². The third kappa shape index (κ3) is 8.38. The van der Waals surface area contributed by atoms with Crippen LogP contribution in [0.3, 0.4) is 0 Å². The van der Waals surface area contributed by atoms with Crippen LogP contribution in [-0.4, -0.2) is 77.1 Å². The van der Waals surface area contributed by atoms with Gasteiger partial charge in [0.25, 0.3) is 0 Å². The molecule has 2 rings (SSSR count). The minimum Gasteiger partial charge on any atom is -0.381 e. The zero-order valence-corrected chi connectivity index (χ0v) is 16.4. The number of hydrogen-bond acceptors (Lipinski definition) is 4. The molecule has 6 heteroatoms. The summed E-state index contributed by atoms with van der Waals surface area (Å²) in [5.41, 5.74) is 0. The van der Waals surface area contributed by atoms with E-state index < -0.39 is 0 Å². The number of nitrogens with one attached hydrogen (secondary N) is 2. The fraction of sp³-hybridized carbons (Fsp3) is 0.947. The summed E-state index contributed by atoms with van der Waals surface area (Å²) in [5, 5.41) is 6.79. The van der Waals surface area contributed by atoms with Crippen molar-refractivity contribution in [3.05, 3.63) is 0 Å². The van der Waals surface area contributed by atoms with Crippen LogP contribution in [-0.2, 0) is 9.47 Å². The standard InChI is InChI=1S/C19H38N4O2/c1-16-11-17(2)13-23(12-16)8-7-22-19(20-3)21-6-4-9-24-14-18-5-10-25-15-18/h16-18H,4-15H2,1-3H3,(H2,20,21,22). The minimum atomic E-state index is 0.600. The van der Waals surface area contributed by atoms with E-state index in [2.05, 4.69) is 34.4 Å². The quantitative estimate of drug-likeness (QED) is 0.374. The molecule has 3 atom stereocenters. The molecule has 0 radical (unpaired) electrons. The molecule has 0 amide bonds. The van der Waals surface area contributed by atoms with Crippen molar-refractivity contribution in [3.8, 4) is 0 Å². The Hall–Kier alpha value is -0.850. The zero-order valence-electron chi connectivity index (χ0n) is 16.4. The molecule has 0 aromatic heterocycles. The van der Waals surface area contributed by atoms with Crippen molar-refractivity contribution >= 4 is 5.96 Å². The fourth-order valence-corrected chi connectivity index (χ4v) is 3.87. The van der Waals surface area contributed by atoms with Crippen LogP contribution in [0.25, 0.3) is 0 Å². The number of guanidine groups is 1. The van der Waals surface area contributed by atoms with Crippen LogP contribution in [0.4, 0.5) is 0 Å². The van der Waals surface area contributed by atoms with Gasteiger partial charge in [-0.15, -0.1) is 0 Å². The molecular weight excluding hydrogens is 316 g/mol. The molecule has 25 heavy (non-hydrogen) atoms. The normalized spacial score (nSPS) is 28.3. The van der Waals surface area contributed by atoms with Crippen LogP contribution in [0.1, 0.15) is 33.1 Å². The number of aliphatic imine (C=N–C) groups is 1. The van der Waals surface area contributed by atoms with Crippen molar-refractivity contribution < 1.29 is 9.47 Å². The second-order valence-electron chi connectivity index (χ2n) is 7.79. The number of nitrogens with zero attached hydrogens (tertiary/aromatic N) is 2. The molecule has 0 bridgehead atoms. The number of ether oxygens (including phenoxy) is 2. The monoisotopic (exact) mass is 354 g/mol. The molecule has 146 valence electrons. The molecule has 2 aliphatic rings. The molecular formula is C19H38N4O2. The first kappa shape index (κ1) is 20.5. The Morgan fingerprint density at radius 2 is 1.96 bits per heavy atom. The van der Waals surface area contributed by atoms with Gasteiger partial charge in [0, 0.05) is 58.9 Å². The number of rotatable bonds is 9. The molecule has 2 fully saturated rings. The highest BCUT2D eigenvalue weighted by Crippen LogP contribution is 2.20. The molecule has 0 aliphatic carbocycles. The molecule has 0 saturated carbocycles. The van der Waals surface area contributed by atoms with E-state index in [1.165, 1.54) is 19.5 Å². The number of hydrogen-bond donors (Lipinski definition) is 2. The van der Waals surface area contributed by atoms with Crippen molar-refractivity contribution in [1.29, 1.82) is 0 Å². The minimum absolute atomic E-state index is 0.600. The lowest BCUT2D eigenvalue weighted by Crippen LogP contribution is -2.45. The molecule has 0 aromatic carbocycles. The van der Waals surface area contributed by atoms with Crippen molar-refractivity contribution in [2.24, 2.45) is 22.7 Å². The maximum atomic E-state index is 5.73. The summed E-state index contributed by atoms with van der Waals surface area (Å²) in [6.07, 6.45) is 3.50. The van der Waals surface area contributed by atoms with Gasteiger partial charge in [0.05, 0.1) is 13.2 Å². The van der Waals surface area contributed by atoms with E-state index in [9.17, 15) is 0 Å². The summed E-state index contributed by atoms with van der Waals surface area (Å²) in [7, 11) is 1.83. The smallest absolute Gasteiger partial charge is 0.191 e. The van der Waals surface area contributed by atoms with Crippen LogP contribution in [0.2, 0.25) is 0 Å². The van der Waals surface area contributed by atoms with E-state index in [0.29, 0.717) is 5.92 Å². The van der Waals surface area contributed by atoms with Gasteiger partial charge in [-0.2, -0.15) is 0 Å². The molecule has 6 nitrogen and oxygen atoms in total. The number of likely N-dealkylation sites (tertiary alicyclic amines) is 1. The van der Waals surface area contributed by atoms with Crippen LogP contribution >= 0.6 is 0 Å². The van der Waals surface area contributed by atoms with Crippen LogP contribution in [0, 0.1) is 17.8 Å². The summed E-state index contributed by atoms with van der Waals surface area (Å²) in [6.45, 7) is 13.5. The molecule has 2 heterocycles. The average molecular weight is 355 g/mol. The number of piperidine rings is 1. The lowest BCUT2D eigenvalue weighted by Gasteiger charge is -2.35. The lowest BCUT2D eigenvalue weighted by molar-refractivity contribution is 0.0888. The van der Waals surface area contributed by atoms with E-state index in [0.717, 1.165) is 76.7 Å². The largest absolute Gasteiger partial charge is 0.381 e. The Balaban J connectivity index is 1.47. The first-order valence-corrected chi connectivity index (χ1v) is 9.99. The molecule has 0 aromatic rings. The van der Waals surface area contributed by atoms with Crippen molar-refractivity contribution in [3.63, 3.8) is 0 Å². The highest BCUT2D eigenvalue weighted by atomic mass is 16.5. The van der Waals surface area contributed by atoms with Gasteiger partial charge in [-0.25, -0.2) is 0 Å². The molecule has 2 aliphatic heterocycles. The summed E-state index contributed by atoms with van der Waals surface area (Å²) in [6, 6.07) is 0. The van der Waals surface area contributed by atoms with Crippen molar-refractivity contribution in [1.82, 2.24) is 15.5 Å². The van der Waals surface area contributed by atoms with Crippen molar-refractivity contribution in [2.75, 3.05) is 66.2 Å². The molecule has 0 spiro atoms. The summed E-state index contributed by atoms with van der Waals surface area (Å²) >= 11 is 0. The summed E-state index contributed by atoms with van der Waals surface area (Å²) < 4.78 is 11.1. The average Bonchev–Trinajstić information content (AvgIpc) is 3.08.